The van der Waals surface area contributed by atoms with Crippen LogP contribution in [-0.2, 0) is 0 Å². The van der Waals surface area contributed by atoms with E-state index in [9.17, 15) is 0 Å². The number of nitrogens with zero attached hydrogens (tertiary/aromatic N) is 6. The molecular formula is C56H36N6. The summed E-state index contributed by atoms with van der Waals surface area (Å²) in [7, 11) is 0. The first kappa shape index (κ1) is 35.5. The highest BCUT2D eigenvalue weighted by Crippen LogP contribution is 2.54. The van der Waals surface area contributed by atoms with E-state index in [0.29, 0.717) is 17.5 Å². The van der Waals surface area contributed by atoms with Gasteiger partial charge in [-0.1, -0.05) is 146 Å². The predicted octanol–water partition coefficient (Wildman–Crippen LogP) is 14.1. The second-order valence-corrected chi connectivity index (χ2v) is 15.5. The molecule has 0 N–H and O–H groups in total. The number of hydrogen-bond donors (Lipinski definition) is 0. The van der Waals surface area contributed by atoms with Gasteiger partial charge in [-0.2, -0.15) is 0 Å². The zero-order valence-corrected chi connectivity index (χ0v) is 33.5. The van der Waals surface area contributed by atoms with Gasteiger partial charge in [0, 0.05) is 67.3 Å². The van der Waals surface area contributed by atoms with Gasteiger partial charge in [0.05, 0.1) is 28.1 Å². The summed E-state index contributed by atoms with van der Waals surface area (Å²) in [6.45, 7) is 0. The van der Waals surface area contributed by atoms with E-state index < -0.39 is 0 Å². The van der Waals surface area contributed by atoms with Crippen molar-refractivity contribution in [2.24, 2.45) is 0 Å². The van der Waals surface area contributed by atoms with Gasteiger partial charge in [-0.3, -0.25) is 4.98 Å². The normalized spacial score (nSPS) is 11.8. The average Bonchev–Trinajstić information content (AvgIpc) is 3.63. The number of hydrogen-bond acceptors (Lipinski definition) is 5. The minimum absolute atomic E-state index is 0.622. The topological polar surface area (TPSA) is 59.7 Å². The lowest BCUT2D eigenvalue weighted by molar-refractivity contribution is 1.07. The minimum Gasteiger partial charge on any atom is -0.309 e. The molecule has 1 aliphatic heterocycles. The second kappa shape index (κ2) is 14.7. The highest BCUT2D eigenvalue weighted by molar-refractivity contribution is 6.13. The maximum Gasteiger partial charge on any atom is 0.164 e. The first-order valence-electron chi connectivity index (χ1n) is 20.8. The molecule has 0 unspecified atom stereocenters. The van der Waals surface area contributed by atoms with Crippen molar-refractivity contribution < 1.29 is 0 Å². The lowest BCUT2D eigenvalue weighted by Gasteiger charge is -2.28. The van der Waals surface area contributed by atoms with Crippen LogP contribution in [-0.4, -0.2) is 24.5 Å². The minimum atomic E-state index is 0.622. The highest BCUT2D eigenvalue weighted by Gasteiger charge is 2.31. The number of benzene rings is 8. The lowest BCUT2D eigenvalue weighted by Crippen LogP contribution is -2.11. The van der Waals surface area contributed by atoms with Crippen LogP contribution < -0.4 is 4.90 Å². The third-order valence-electron chi connectivity index (χ3n) is 11.8. The molecule has 0 amide bonds. The zero-order chi connectivity index (χ0) is 41.0. The van der Waals surface area contributed by atoms with Gasteiger partial charge in [0.25, 0.3) is 0 Å². The van der Waals surface area contributed by atoms with Crippen LogP contribution >= 0.6 is 0 Å². The van der Waals surface area contributed by atoms with E-state index >= 15 is 0 Å². The van der Waals surface area contributed by atoms with Crippen molar-refractivity contribution in [2.75, 3.05) is 4.90 Å². The number of para-hydroxylation sites is 4. The first-order valence-corrected chi connectivity index (χ1v) is 20.8. The fraction of sp³-hybridized carbons (Fsp3) is 0. The van der Waals surface area contributed by atoms with Crippen molar-refractivity contribution in [3.8, 4) is 73.4 Å². The quantitative estimate of drug-likeness (QED) is 0.168. The van der Waals surface area contributed by atoms with E-state index in [0.717, 1.165) is 83.8 Å². The predicted molar refractivity (Wildman–Crippen MR) is 253 cm³/mol. The SMILES string of the molecule is c1ccc(-c2nc(-c3ccccc3)nc(-c3ccc(-n4c5c(c6ccccc64)-c4ccccc4N(c4cccc(-c6cnc7ccccc7c6)c4)c4ccccc4-5)cc3)n2)cc1. The van der Waals surface area contributed by atoms with Crippen molar-refractivity contribution in [3.63, 3.8) is 0 Å². The summed E-state index contributed by atoms with van der Waals surface area (Å²) in [4.78, 5) is 22.2. The zero-order valence-electron chi connectivity index (χ0n) is 33.5. The number of pyridine rings is 1. The Morgan fingerprint density at radius 2 is 0.935 bits per heavy atom. The van der Waals surface area contributed by atoms with Crippen LogP contribution in [0.25, 0.3) is 95.2 Å². The van der Waals surface area contributed by atoms with E-state index in [-0.39, 0.29) is 0 Å². The van der Waals surface area contributed by atoms with Crippen molar-refractivity contribution in [1.82, 2.24) is 24.5 Å². The maximum absolute atomic E-state index is 5.02. The molecule has 0 atom stereocenters. The molecule has 6 heteroatoms. The Morgan fingerprint density at radius 1 is 0.371 bits per heavy atom. The van der Waals surface area contributed by atoms with Gasteiger partial charge in [-0.25, -0.2) is 15.0 Å². The molecule has 0 aliphatic carbocycles. The molecule has 1 aliphatic rings. The smallest absolute Gasteiger partial charge is 0.164 e. The van der Waals surface area contributed by atoms with Crippen LogP contribution in [0.5, 0.6) is 0 Å². The highest BCUT2D eigenvalue weighted by atomic mass is 15.2. The summed E-state index contributed by atoms with van der Waals surface area (Å²) in [5, 5.41) is 2.31. The molecule has 0 saturated heterocycles. The molecule has 62 heavy (non-hydrogen) atoms. The van der Waals surface area contributed by atoms with E-state index in [4.69, 9.17) is 19.9 Å². The second-order valence-electron chi connectivity index (χ2n) is 15.5. The first-order chi connectivity index (χ1) is 30.7. The number of anilines is 3. The monoisotopic (exact) mass is 792 g/mol. The largest absolute Gasteiger partial charge is 0.309 e. The lowest BCUT2D eigenvalue weighted by atomic mass is 9.98. The van der Waals surface area contributed by atoms with Gasteiger partial charge in [-0.05, 0) is 72.3 Å². The van der Waals surface area contributed by atoms with Crippen molar-refractivity contribution in [1.29, 1.82) is 0 Å². The molecule has 0 fully saturated rings. The van der Waals surface area contributed by atoms with E-state index in [1.807, 2.05) is 72.9 Å². The van der Waals surface area contributed by atoms with Crippen LogP contribution in [0.2, 0.25) is 0 Å². The molecule has 0 radical (unpaired) electrons. The molecular weight excluding hydrogens is 757 g/mol. The van der Waals surface area contributed by atoms with Gasteiger partial charge >= 0.3 is 0 Å². The molecule has 12 rings (SSSR count). The molecule has 290 valence electrons. The Balaban J connectivity index is 1.03. The van der Waals surface area contributed by atoms with Crippen molar-refractivity contribution >= 4 is 38.9 Å². The molecule has 3 aromatic heterocycles. The Bertz CT molecular complexity index is 3410. The third-order valence-corrected chi connectivity index (χ3v) is 11.8. The molecule has 4 heterocycles. The van der Waals surface area contributed by atoms with Crippen molar-refractivity contribution in [3.05, 3.63) is 219 Å². The summed E-state index contributed by atoms with van der Waals surface area (Å²) >= 11 is 0. The maximum atomic E-state index is 5.02. The fourth-order valence-electron chi connectivity index (χ4n) is 8.94. The third kappa shape index (κ3) is 5.96. The summed E-state index contributed by atoms with van der Waals surface area (Å²) in [5.41, 5.74) is 16.1. The summed E-state index contributed by atoms with van der Waals surface area (Å²) < 4.78 is 2.42. The number of fused-ring (bicyclic) bond motifs is 8. The fourth-order valence-corrected chi connectivity index (χ4v) is 8.94. The average molecular weight is 793 g/mol. The van der Waals surface area contributed by atoms with Crippen LogP contribution in [0.1, 0.15) is 0 Å². The molecule has 0 spiro atoms. The number of aromatic nitrogens is 5. The molecule has 0 bridgehead atoms. The van der Waals surface area contributed by atoms with Gasteiger partial charge in [0.15, 0.2) is 17.5 Å². The van der Waals surface area contributed by atoms with E-state index in [2.05, 4.69) is 155 Å². The van der Waals surface area contributed by atoms with Gasteiger partial charge in [0.2, 0.25) is 0 Å². The Kier molecular flexibility index (Phi) is 8.38. The molecule has 11 aromatic rings. The van der Waals surface area contributed by atoms with Crippen molar-refractivity contribution in [2.45, 2.75) is 0 Å². The Hall–Kier alpha value is -8.48. The molecule has 6 nitrogen and oxygen atoms in total. The van der Waals surface area contributed by atoms with Crippen LogP contribution in [0.3, 0.4) is 0 Å². The number of rotatable bonds is 6. The van der Waals surface area contributed by atoms with Crippen LogP contribution in [0, 0.1) is 0 Å². The summed E-state index contributed by atoms with van der Waals surface area (Å²) in [6.07, 6.45) is 1.98. The Morgan fingerprint density at radius 3 is 1.66 bits per heavy atom. The molecule has 0 saturated carbocycles. The van der Waals surface area contributed by atoms with E-state index in [1.54, 1.807) is 0 Å². The van der Waals surface area contributed by atoms with Gasteiger partial charge in [-0.15, -0.1) is 0 Å². The van der Waals surface area contributed by atoms with E-state index in [1.165, 1.54) is 10.9 Å². The summed E-state index contributed by atoms with van der Waals surface area (Å²) in [5.74, 6) is 1.90. The Labute approximate surface area is 358 Å². The van der Waals surface area contributed by atoms with Gasteiger partial charge < -0.3 is 9.47 Å². The van der Waals surface area contributed by atoms with Gasteiger partial charge in [0.1, 0.15) is 0 Å². The summed E-state index contributed by atoms with van der Waals surface area (Å²) in [6, 6.07) is 74.5. The standard InChI is InChI=1S/C56H36N6/c1-3-16-37(17-4-1)54-58-55(38-18-5-2-6-19-38)60-56(59-54)39-30-32-43(33-31-39)62-50-28-13-9-24-46(50)52-45-23-8-12-27-49(45)61(51-29-14-10-25-47(51)53(52)62)44-22-15-21-40(35-44)42-34-41-20-7-11-26-48(41)57-36-42/h1-36H. The van der Waals surface area contributed by atoms with Crippen LogP contribution in [0.4, 0.5) is 17.1 Å². The molecule has 8 aromatic carbocycles. The van der Waals surface area contributed by atoms with Crippen LogP contribution in [0.15, 0.2) is 219 Å².